The molecule has 0 aliphatic heterocycles. The minimum absolute atomic E-state index is 0.104. The van der Waals surface area contributed by atoms with Crippen molar-refractivity contribution in [3.05, 3.63) is 23.7 Å². The number of carbonyl (C=O) groups is 1. The molecule has 0 saturated heterocycles. The second-order valence-corrected chi connectivity index (χ2v) is 2.30. The van der Waals surface area contributed by atoms with E-state index in [1.54, 1.807) is 6.07 Å². The standard InChI is InChI=1S/C8H8N2O3/c1-10(12-2)8(11)6-3-7(4-9)13-5-6/h3,5H,1-2H3. The van der Waals surface area contributed by atoms with E-state index in [2.05, 4.69) is 4.84 Å². The molecule has 5 nitrogen and oxygen atoms in total. The number of hydrogen-bond donors (Lipinski definition) is 0. The Balaban J connectivity index is 2.84. The van der Waals surface area contributed by atoms with Crippen LogP contribution in [-0.2, 0) is 4.84 Å². The van der Waals surface area contributed by atoms with Gasteiger partial charge >= 0.3 is 0 Å². The van der Waals surface area contributed by atoms with Gasteiger partial charge in [-0.05, 0) is 0 Å². The average Bonchev–Trinajstić information content (AvgIpc) is 2.63. The molecule has 0 unspecified atom stereocenters. The number of rotatable bonds is 2. The molecule has 0 aromatic carbocycles. The fourth-order valence-electron chi connectivity index (χ4n) is 0.772. The van der Waals surface area contributed by atoms with Gasteiger partial charge in [-0.25, -0.2) is 5.06 Å². The van der Waals surface area contributed by atoms with Crippen LogP contribution in [-0.4, -0.2) is 25.1 Å². The van der Waals surface area contributed by atoms with E-state index in [0.29, 0.717) is 5.56 Å². The van der Waals surface area contributed by atoms with Crippen molar-refractivity contribution in [1.82, 2.24) is 5.06 Å². The lowest BCUT2D eigenvalue weighted by atomic mass is 10.3. The number of furan rings is 1. The van der Waals surface area contributed by atoms with Gasteiger partial charge in [0.15, 0.2) is 0 Å². The Morgan fingerprint density at radius 1 is 1.77 bits per heavy atom. The SMILES string of the molecule is CON(C)C(=O)c1coc(C#N)c1. The second kappa shape index (κ2) is 3.74. The van der Waals surface area contributed by atoms with E-state index in [1.807, 2.05) is 0 Å². The lowest BCUT2D eigenvalue weighted by Gasteiger charge is -2.11. The Labute approximate surface area is 75.1 Å². The molecular formula is C8H8N2O3. The summed E-state index contributed by atoms with van der Waals surface area (Å²) in [5.74, 6) is -0.249. The summed E-state index contributed by atoms with van der Waals surface area (Å²) in [5, 5.41) is 9.48. The molecule has 0 aliphatic rings. The van der Waals surface area contributed by atoms with Crippen LogP contribution in [0.2, 0.25) is 0 Å². The molecule has 1 rings (SSSR count). The van der Waals surface area contributed by atoms with Gasteiger partial charge in [-0.2, -0.15) is 5.26 Å². The van der Waals surface area contributed by atoms with Crippen molar-refractivity contribution in [2.75, 3.05) is 14.2 Å². The fraction of sp³-hybridized carbons (Fsp3) is 0.250. The highest BCUT2D eigenvalue weighted by molar-refractivity contribution is 5.93. The van der Waals surface area contributed by atoms with Gasteiger partial charge in [-0.15, -0.1) is 0 Å². The van der Waals surface area contributed by atoms with Crippen molar-refractivity contribution in [3.63, 3.8) is 0 Å². The summed E-state index contributed by atoms with van der Waals surface area (Å²) in [4.78, 5) is 16.0. The van der Waals surface area contributed by atoms with Crippen molar-refractivity contribution in [1.29, 1.82) is 5.26 Å². The molecule has 0 spiro atoms. The van der Waals surface area contributed by atoms with E-state index in [4.69, 9.17) is 9.68 Å². The molecule has 0 bridgehead atoms. The van der Waals surface area contributed by atoms with Gasteiger partial charge in [0.2, 0.25) is 5.76 Å². The van der Waals surface area contributed by atoms with Crippen LogP contribution in [0.3, 0.4) is 0 Å². The van der Waals surface area contributed by atoms with E-state index in [1.165, 1.54) is 26.5 Å². The molecule has 1 heterocycles. The minimum Gasteiger partial charge on any atom is -0.453 e. The van der Waals surface area contributed by atoms with Crippen molar-refractivity contribution in [3.8, 4) is 6.07 Å². The molecule has 1 amide bonds. The molecule has 1 aromatic rings. The first-order chi connectivity index (χ1) is 6.19. The van der Waals surface area contributed by atoms with Crippen LogP contribution in [0.15, 0.2) is 16.7 Å². The third-order valence-corrected chi connectivity index (χ3v) is 1.52. The highest BCUT2D eigenvalue weighted by atomic mass is 16.7. The molecule has 0 saturated carbocycles. The number of carbonyl (C=O) groups excluding carboxylic acids is 1. The van der Waals surface area contributed by atoms with Gasteiger partial charge in [0.1, 0.15) is 12.3 Å². The van der Waals surface area contributed by atoms with E-state index in [0.717, 1.165) is 5.06 Å². The van der Waals surface area contributed by atoms with Crippen molar-refractivity contribution >= 4 is 5.91 Å². The van der Waals surface area contributed by atoms with Gasteiger partial charge in [-0.1, -0.05) is 0 Å². The highest BCUT2D eigenvalue weighted by Gasteiger charge is 2.14. The molecule has 0 radical (unpaired) electrons. The van der Waals surface area contributed by atoms with Gasteiger partial charge in [0.25, 0.3) is 5.91 Å². The zero-order valence-corrected chi connectivity index (χ0v) is 7.27. The first-order valence-corrected chi connectivity index (χ1v) is 3.50. The van der Waals surface area contributed by atoms with Crippen LogP contribution >= 0.6 is 0 Å². The van der Waals surface area contributed by atoms with Crippen molar-refractivity contribution < 1.29 is 14.0 Å². The topological polar surface area (TPSA) is 66.5 Å². The Morgan fingerprint density at radius 2 is 2.46 bits per heavy atom. The molecule has 5 heteroatoms. The molecular weight excluding hydrogens is 172 g/mol. The van der Waals surface area contributed by atoms with Crippen LogP contribution in [0.1, 0.15) is 16.1 Å². The largest absolute Gasteiger partial charge is 0.453 e. The predicted octanol–water partition coefficient (Wildman–Crippen LogP) is 0.785. The van der Waals surface area contributed by atoms with Gasteiger partial charge in [-0.3, -0.25) is 9.63 Å². The monoisotopic (exact) mass is 180 g/mol. The number of hydroxylamine groups is 2. The molecule has 0 fully saturated rings. The summed E-state index contributed by atoms with van der Waals surface area (Å²) in [5.41, 5.74) is 0.293. The normalized spacial score (nSPS) is 9.31. The second-order valence-electron chi connectivity index (χ2n) is 2.30. The first-order valence-electron chi connectivity index (χ1n) is 3.50. The smallest absolute Gasteiger partial charge is 0.280 e. The zero-order valence-electron chi connectivity index (χ0n) is 7.27. The van der Waals surface area contributed by atoms with Crippen LogP contribution in [0, 0.1) is 11.3 Å². The summed E-state index contributed by atoms with van der Waals surface area (Å²) in [6, 6.07) is 3.14. The number of hydrogen-bond acceptors (Lipinski definition) is 4. The van der Waals surface area contributed by atoms with Gasteiger partial charge in [0.05, 0.1) is 12.7 Å². The maximum absolute atomic E-state index is 11.3. The summed E-state index contributed by atoms with van der Waals surface area (Å²) in [7, 11) is 2.85. The summed E-state index contributed by atoms with van der Waals surface area (Å²) in [6.07, 6.45) is 1.22. The lowest BCUT2D eigenvalue weighted by Crippen LogP contribution is -2.24. The molecule has 13 heavy (non-hydrogen) atoms. The zero-order chi connectivity index (χ0) is 9.84. The molecule has 0 N–H and O–H groups in total. The Hall–Kier alpha value is -1.80. The number of amides is 1. The first kappa shape index (κ1) is 9.29. The van der Waals surface area contributed by atoms with E-state index < -0.39 is 0 Å². The third kappa shape index (κ3) is 1.86. The fourth-order valence-corrected chi connectivity index (χ4v) is 0.772. The van der Waals surface area contributed by atoms with Crippen LogP contribution in [0.5, 0.6) is 0 Å². The lowest BCUT2D eigenvalue weighted by molar-refractivity contribution is -0.0757. The Kier molecular flexibility index (Phi) is 2.67. The summed E-state index contributed by atoms with van der Waals surface area (Å²) < 4.78 is 4.77. The Bertz CT molecular complexity index is 351. The minimum atomic E-state index is -0.354. The van der Waals surface area contributed by atoms with Gasteiger partial charge < -0.3 is 4.42 Å². The number of nitriles is 1. The maximum Gasteiger partial charge on any atom is 0.280 e. The van der Waals surface area contributed by atoms with Crippen LogP contribution < -0.4 is 0 Å². The van der Waals surface area contributed by atoms with Crippen LogP contribution in [0.4, 0.5) is 0 Å². The van der Waals surface area contributed by atoms with E-state index >= 15 is 0 Å². The van der Waals surface area contributed by atoms with E-state index in [-0.39, 0.29) is 11.7 Å². The maximum atomic E-state index is 11.3. The predicted molar refractivity (Wildman–Crippen MR) is 42.5 cm³/mol. The molecule has 0 aliphatic carbocycles. The number of nitrogens with zero attached hydrogens (tertiary/aromatic N) is 2. The van der Waals surface area contributed by atoms with E-state index in [9.17, 15) is 4.79 Å². The molecule has 68 valence electrons. The molecule has 0 atom stereocenters. The average molecular weight is 180 g/mol. The third-order valence-electron chi connectivity index (χ3n) is 1.52. The summed E-state index contributed by atoms with van der Waals surface area (Å²) in [6.45, 7) is 0. The van der Waals surface area contributed by atoms with Gasteiger partial charge in [0, 0.05) is 13.1 Å². The van der Waals surface area contributed by atoms with Crippen LogP contribution in [0.25, 0.3) is 0 Å². The quantitative estimate of drug-likeness (QED) is 0.631. The highest BCUT2D eigenvalue weighted by Crippen LogP contribution is 2.08. The Morgan fingerprint density at radius 3 is 2.92 bits per heavy atom. The van der Waals surface area contributed by atoms with Crippen molar-refractivity contribution in [2.24, 2.45) is 0 Å². The summed E-state index contributed by atoms with van der Waals surface area (Å²) >= 11 is 0. The molecule has 1 aromatic heterocycles. The van der Waals surface area contributed by atoms with Crippen molar-refractivity contribution in [2.45, 2.75) is 0 Å².